The molecule has 1 aromatic heterocycles. The number of likely N-dealkylation sites (N-methyl/N-ethyl adjacent to an activating group) is 1. The van der Waals surface area contributed by atoms with Crippen molar-refractivity contribution < 1.29 is 9.53 Å². The van der Waals surface area contributed by atoms with Crippen molar-refractivity contribution in [1.82, 2.24) is 24.7 Å². The number of nitrogens with zero attached hydrogens (tertiary/aromatic N) is 4. The predicted molar refractivity (Wildman–Crippen MR) is 105 cm³/mol. The highest BCUT2D eigenvalue weighted by molar-refractivity contribution is 5.74. The molecule has 2 aromatic rings. The summed E-state index contributed by atoms with van der Waals surface area (Å²) in [5.74, 6) is 0.922. The lowest BCUT2D eigenvalue weighted by atomic mass is 10.1. The molecule has 2 amide bonds. The van der Waals surface area contributed by atoms with Crippen molar-refractivity contribution in [3.8, 4) is 5.69 Å². The van der Waals surface area contributed by atoms with E-state index in [-0.39, 0.29) is 6.03 Å². The molecule has 1 unspecified atom stereocenters. The highest BCUT2D eigenvalue weighted by Crippen LogP contribution is 2.16. The minimum Gasteiger partial charge on any atom is -0.379 e. The van der Waals surface area contributed by atoms with Gasteiger partial charge in [-0.05, 0) is 25.5 Å². The third kappa shape index (κ3) is 4.87. The molecule has 1 atom stereocenters. The zero-order valence-electron chi connectivity index (χ0n) is 16.4. The fraction of sp³-hybridized carbons (Fsp3) is 0.500. The first kappa shape index (κ1) is 19.4. The number of para-hydroxylation sites is 1. The Morgan fingerprint density at radius 1 is 1.33 bits per heavy atom. The lowest BCUT2D eigenvalue weighted by molar-refractivity contribution is 0.0161. The van der Waals surface area contributed by atoms with Gasteiger partial charge in [0.1, 0.15) is 5.82 Å². The van der Waals surface area contributed by atoms with Gasteiger partial charge in [-0.25, -0.2) is 9.78 Å². The number of imidazole rings is 1. The van der Waals surface area contributed by atoms with E-state index < -0.39 is 0 Å². The van der Waals surface area contributed by atoms with Crippen LogP contribution in [0, 0.1) is 6.92 Å². The second-order valence-corrected chi connectivity index (χ2v) is 7.01. The summed E-state index contributed by atoms with van der Waals surface area (Å²) in [6.45, 7) is 8.68. The molecule has 1 aliphatic heterocycles. The molecule has 0 saturated carbocycles. The molecule has 2 heterocycles. The van der Waals surface area contributed by atoms with Crippen LogP contribution in [0.1, 0.15) is 18.3 Å². The van der Waals surface area contributed by atoms with Crippen molar-refractivity contribution in [3.05, 3.63) is 48.0 Å². The van der Waals surface area contributed by atoms with Gasteiger partial charge < -0.3 is 19.5 Å². The molecule has 7 heteroatoms. The summed E-state index contributed by atoms with van der Waals surface area (Å²) < 4.78 is 7.43. The van der Waals surface area contributed by atoms with Gasteiger partial charge in [0.05, 0.1) is 18.9 Å². The summed E-state index contributed by atoms with van der Waals surface area (Å²) in [7, 11) is 1.85. The van der Waals surface area contributed by atoms with Crippen LogP contribution in [0.2, 0.25) is 0 Å². The van der Waals surface area contributed by atoms with Crippen molar-refractivity contribution in [1.29, 1.82) is 0 Å². The molecule has 0 aliphatic carbocycles. The highest BCUT2D eigenvalue weighted by atomic mass is 16.5. The highest BCUT2D eigenvalue weighted by Gasteiger charge is 2.20. The van der Waals surface area contributed by atoms with E-state index in [1.807, 2.05) is 49.0 Å². The summed E-state index contributed by atoms with van der Waals surface area (Å²) in [6.07, 6.45) is 3.72. The molecule has 1 aromatic carbocycles. The number of aromatic nitrogens is 2. The van der Waals surface area contributed by atoms with Crippen LogP contribution in [0.15, 0.2) is 36.7 Å². The number of amides is 2. The van der Waals surface area contributed by atoms with Gasteiger partial charge in [0, 0.05) is 51.7 Å². The van der Waals surface area contributed by atoms with Gasteiger partial charge in [-0.15, -0.1) is 0 Å². The third-order valence-electron chi connectivity index (χ3n) is 5.06. The SMILES string of the molecule is Cc1nccn1-c1ccccc1CNC(=O)N(C)CC(C)N1CCOCC1. The van der Waals surface area contributed by atoms with Crippen LogP contribution in [-0.4, -0.2) is 71.3 Å². The quantitative estimate of drug-likeness (QED) is 0.844. The standard InChI is InChI=1S/C20H29N5O2/c1-16(24-10-12-27-13-11-24)15-23(3)20(26)22-14-18-6-4-5-7-19(18)25-9-8-21-17(25)2/h4-9,16H,10-15H2,1-3H3,(H,22,26). The lowest BCUT2D eigenvalue weighted by Crippen LogP contribution is -2.49. The second-order valence-electron chi connectivity index (χ2n) is 7.01. The monoisotopic (exact) mass is 371 g/mol. The number of benzene rings is 1. The first-order valence-corrected chi connectivity index (χ1v) is 9.45. The summed E-state index contributed by atoms with van der Waals surface area (Å²) in [6, 6.07) is 8.31. The minimum absolute atomic E-state index is 0.0627. The maximum absolute atomic E-state index is 12.6. The van der Waals surface area contributed by atoms with E-state index in [9.17, 15) is 4.79 Å². The molecule has 7 nitrogen and oxygen atoms in total. The number of hydrogen-bond donors (Lipinski definition) is 1. The number of aryl methyl sites for hydroxylation is 1. The number of morpholine rings is 1. The minimum atomic E-state index is -0.0627. The average molecular weight is 371 g/mol. The Labute approximate surface area is 160 Å². The van der Waals surface area contributed by atoms with Gasteiger partial charge in [0.15, 0.2) is 0 Å². The Morgan fingerprint density at radius 3 is 2.78 bits per heavy atom. The Hall–Kier alpha value is -2.38. The number of rotatable bonds is 6. The predicted octanol–water partition coefficient (Wildman–Crippen LogP) is 2.04. The van der Waals surface area contributed by atoms with Crippen molar-refractivity contribution in [2.45, 2.75) is 26.4 Å². The molecule has 0 radical (unpaired) electrons. The summed E-state index contributed by atoms with van der Waals surface area (Å²) in [4.78, 5) is 21.0. The molecule has 1 aliphatic rings. The summed E-state index contributed by atoms with van der Waals surface area (Å²) in [5, 5.41) is 3.04. The number of carbonyl (C=O) groups is 1. The van der Waals surface area contributed by atoms with E-state index in [4.69, 9.17) is 4.74 Å². The molecule has 27 heavy (non-hydrogen) atoms. The Bertz CT molecular complexity index is 754. The zero-order valence-corrected chi connectivity index (χ0v) is 16.4. The van der Waals surface area contributed by atoms with E-state index >= 15 is 0 Å². The van der Waals surface area contributed by atoms with Gasteiger partial charge in [-0.1, -0.05) is 18.2 Å². The fourth-order valence-corrected chi connectivity index (χ4v) is 3.45. The fourth-order valence-electron chi connectivity index (χ4n) is 3.45. The van der Waals surface area contributed by atoms with Gasteiger partial charge in [-0.3, -0.25) is 4.90 Å². The van der Waals surface area contributed by atoms with Gasteiger partial charge in [-0.2, -0.15) is 0 Å². The van der Waals surface area contributed by atoms with E-state index in [1.54, 1.807) is 11.1 Å². The molecule has 1 saturated heterocycles. The summed E-state index contributed by atoms with van der Waals surface area (Å²) >= 11 is 0. The van der Waals surface area contributed by atoms with Crippen molar-refractivity contribution >= 4 is 6.03 Å². The number of urea groups is 1. The van der Waals surface area contributed by atoms with Crippen LogP contribution >= 0.6 is 0 Å². The topological polar surface area (TPSA) is 62.6 Å². The number of nitrogens with one attached hydrogen (secondary N) is 1. The molecular formula is C20H29N5O2. The maximum Gasteiger partial charge on any atom is 0.317 e. The lowest BCUT2D eigenvalue weighted by Gasteiger charge is -2.34. The number of ether oxygens (including phenoxy) is 1. The maximum atomic E-state index is 12.6. The number of carbonyl (C=O) groups excluding carboxylic acids is 1. The molecule has 146 valence electrons. The Balaban J connectivity index is 1.57. The van der Waals surface area contributed by atoms with Crippen LogP contribution in [0.3, 0.4) is 0 Å². The molecule has 1 fully saturated rings. The first-order valence-electron chi connectivity index (χ1n) is 9.45. The van der Waals surface area contributed by atoms with E-state index in [0.717, 1.165) is 43.4 Å². The van der Waals surface area contributed by atoms with Gasteiger partial charge in [0.25, 0.3) is 0 Å². The largest absolute Gasteiger partial charge is 0.379 e. The van der Waals surface area contributed by atoms with E-state index in [1.165, 1.54) is 0 Å². The normalized spacial score (nSPS) is 16.1. The van der Waals surface area contributed by atoms with Gasteiger partial charge >= 0.3 is 6.03 Å². The Morgan fingerprint density at radius 2 is 2.07 bits per heavy atom. The van der Waals surface area contributed by atoms with E-state index in [0.29, 0.717) is 19.1 Å². The molecule has 0 bridgehead atoms. The summed E-state index contributed by atoms with van der Waals surface area (Å²) in [5.41, 5.74) is 2.10. The van der Waals surface area contributed by atoms with Gasteiger partial charge in [0.2, 0.25) is 0 Å². The molecule has 3 rings (SSSR count). The van der Waals surface area contributed by atoms with Crippen molar-refractivity contribution in [2.75, 3.05) is 39.9 Å². The van der Waals surface area contributed by atoms with Crippen molar-refractivity contribution in [2.24, 2.45) is 0 Å². The van der Waals surface area contributed by atoms with Crippen molar-refractivity contribution in [3.63, 3.8) is 0 Å². The second kappa shape index (κ2) is 9.01. The van der Waals surface area contributed by atoms with Crippen LogP contribution in [0.4, 0.5) is 4.79 Å². The molecule has 0 spiro atoms. The number of hydrogen-bond acceptors (Lipinski definition) is 4. The zero-order chi connectivity index (χ0) is 19.2. The van der Waals surface area contributed by atoms with Crippen LogP contribution in [0.25, 0.3) is 5.69 Å². The van der Waals surface area contributed by atoms with E-state index in [2.05, 4.69) is 22.1 Å². The smallest absolute Gasteiger partial charge is 0.317 e. The average Bonchev–Trinajstić information content (AvgIpc) is 3.12. The third-order valence-corrected chi connectivity index (χ3v) is 5.06. The van der Waals surface area contributed by atoms with Crippen LogP contribution < -0.4 is 5.32 Å². The Kier molecular flexibility index (Phi) is 6.47. The van der Waals surface area contributed by atoms with Crippen LogP contribution in [0.5, 0.6) is 0 Å². The van der Waals surface area contributed by atoms with Crippen LogP contribution in [-0.2, 0) is 11.3 Å². The molecule has 1 N–H and O–H groups in total. The first-order chi connectivity index (χ1) is 13.1. The molecular weight excluding hydrogens is 342 g/mol.